The number of rotatable bonds is 9. The van der Waals surface area contributed by atoms with Gasteiger partial charge in [-0.2, -0.15) is 0 Å². The second kappa shape index (κ2) is 11.4. The molecule has 2 N–H and O–H groups in total. The van der Waals surface area contributed by atoms with Crippen LogP contribution in [0, 0.1) is 24.6 Å². The predicted molar refractivity (Wildman–Crippen MR) is 125 cm³/mol. The predicted octanol–water partition coefficient (Wildman–Crippen LogP) is 2.26. The molecule has 3 fully saturated rings. The van der Waals surface area contributed by atoms with Gasteiger partial charge >= 0.3 is 0 Å². The van der Waals surface area contributed by atoms with E-state index in [0.29, 0.717) is 41.5 Å². The van der Waals surface area contributed by atoms with Crippen molar-refractivity contribution < 1.29 is 19.2 Å². The number of carbonyl (C=O) groups is 2. The van der Waals surface area contributed by atoms with Gasteiger partial charge in [0.1, 0.15) is 11.5 Å². The molecule has 1 aromatic rings. The van der Waals surface area contributed by atoms with E-state index < -0.39 is 11.7 Å². The maximum Gasteiger partial charge on any atom is 0.233 e. The van der Waals surface area contributed by atoms with Crippen LogP contribution in [-0.2, 0) is 16.1 Å². The van der Waals surface area contributed by atoms with Crippen molar-refractivity contribution >= 4 is 18.1 Å². The van der Waals surface area contributed by atoms with Gasteiger partial charge in [0.05, 0.1) is 19.0 Å². The van der Waals surface area contributed by atoms with Crippen molar-refractivity contribution in [2.45, 2.75) is 70.9 Å². The van der Waals surface area contributed by atoms with Crippen LogP contribution in [0.25, 0.3) is 0 Å². The van der Waals surface area contributed by atoms with Crippen molar-refractivity contribution in [2.75, 3.05) is 37.6 Å². The highest BCUT2D eigenvalue weighted by molar-refractivity contribution is 5.79. The third kappa shape index (κ3) is 6.02. The molecule has 0 radical (unpaired) electrons. The normalized spacial score (nSPS) is 22.3. The van der Waals surface area contributed by atoms with Crippen molar-refractivity contribution in [1.82, 2.24) is 25.2 Å². The molecule has 4 rings (SSSR count). The summed E-state index contributed by atoms with van der Waals surface area (Å²) in [5.41, 5.74) is 0.165. The number of nitrogens with one attached hydrogen (secondary N) is 1. The molecule has 9 nitrogen and oxygen atoms in total. The molecule has 0 bridgehead atoms. The first-order valence-electron chi connectivity index (χ1n) is 12.6. The summed E-state index contributed by atoms with van der Waals surface area (Å²) in [4.78, 5) is 37.0. The van der Waals surface area contributed by atoms with Crippen LogP contribution in [0.3, 0.4) is 0 Å². The molecule has 2 aliphatic heterocycles. The monoisotopic (exact) mass is 476 g/mol. The molecule has 10 heteroatoms. The van der Waals surface area contributed by atoms with Crippen LogP contribution in [0.4, 0.5) is 10.2 Å². The number of hydrogen-bond donors (Lipinski definition) is 2. The number of aryl methyl sites for hydroxylation is 1. The van der Waals surface area contributed by atoms with Crippen molar-refractivity contribution in [1.29, 1.82) is 0 Å². The third-order valence-electron chi connectivity index (χ3n) is 7.57. The summed E-state index contributed by atoms with van der Waals surface area (Å²) in [5, 5.41) is 13.0. The summed E-state index contributed by atoms with van der Waals surface area (Å²) in [6.07, 6.45) is 8.83. The fourth-order valence-electron chi connectivity index (χ4n) is 5.77. The van der Waals surface area contributed by atoms with Crippen LogP contribution in [-0.4, -0.2) is 76.2 Å². The number of nitrogens with zero attached hydrogens (tertiary/aromatic N) is 5. The third-order valence-corrected chi connectivity index (χ3v) is 7.57. The molecule has 0 aromatic carbocycles. The first kappa shape index (κ1) is 24.8. The minimum absolute atomic E-state index is 0.0574. The zero-order chi connectivity index (χ0) is 24.1. The minimum Gasteiger partial charge on any atom is -0.351 e. The van der Waals surface area contributed by atoms with Gasteiger partial charge in [-0.3, -0.25) is 19.7 Å². The molecule has 3 aliphatic rings. The largest absolute Gasteiger partial charge is 0.351 e. The SMILES string of the molecule is Cc1nc(CNC(=O)[C@H](CC2CCCC2)CN(O)C=O)c(F)c(N2CCN3CCCC[C@@H]3C2)n1. The lowest BCUT2D eigenvalue weighted by molar-refractivity contribution is -0.155. The lowest BCUT2D eigenvalue weighted by atomic mass is 9.92. The van der Waals surface area contributed by atoms with Crippen LogP contribution in [0.15, 0.2) is 0 Å². The Morgan fingerprint density at radius 3 is 2.74 bits per heavy atom. The van der Waals surface area contributed by atoms with E-state index in [0.717, 1.165) is 58.3 Å². The lowest BCUT2D eigenvalue weighted by Gasteiger charge is -2.44. The summed E-state index contributed by atoms with van der Waals surface area (Å²) in [7, 11) is 0. The second-order valence-electron chi connectivity index (χ2n) is 10.0. The molecule has 0 unspecified atom stereocenters. The smallest absolute Gasteiger partial charge is 0.233 e. The van der Waals surface area contributed by atoms with Crippen LogP contribution in [0.2, 0.25) is 0 Å². The van der Waals surface area contributed by atoms with E-state index >= 15 is 4.39 Å². The molecule has 2 amide bonds. The van der Waals surface area contributed by atoms with Gasteiger partial charge in [0.25, 0.3) is 0 Å². The molecule has 2 atom stereocenters. The summed E-state index contributed by atoms with van der Waals surface area (Å²) >= 11 is 0. The van der Waals surface area contributed by atoms with Gasteiger partial charge in [-0.25, -0.2) is 19.4 Å². The molecule has 1 aliphatic carbocycles. The summed E-state index contributed by atoms with van der Waals surface area (Å²) < 4.78 is 15.5. The van der Waals surface area contributed by atoms with E-state index in [4.69, 9.17) is 0 Å². The first-order valence-corrected chi connectivity index (χ1v) is 12.6. The number of anilines is 1. The average Bonchev–Trinajstić information content (AvgIpc) is 3.36. The number of hydrogen-bond acceptors (Lipinski definition) is 7. The second-order valence-corrected chi connectivity index (χ2v) is 10.0. The van der Waals surface area contributed by atoms with E-state index in [1.165, 1.54) is 12.8 Å². The summed E-state index contributed by atoms with van der Waals surface area (Å²) in [6.45, 7) is 5.08. The number of piperidine rings is 1. The molecule has 188 valence electrons. The van der Waals surface area contributed by atoms with E-state index in [2.05, 4.69) is 20.2 Å². The Balaban J connectivity index is 1.42. The number of piperazine rings is 1. The quantitative estimate of drug-likeness (QED) is 0.320. The lowest BCUT2D eigenvalue weighted by Crippen LogP contribution is -2.55. The molecule has 1 aromatic heterocycles. The van der Waals surface area contributed by atoms with E-state index in [1.54, 1.807) is 6.92 Å². The first-order chi connectivity index (χ1) is 16.4. The van der Waals surface area contributed by atoms with Gasteiger partial charge in [0, 0.05) is 25.7 Å². The Morgan fingerprint density at radius 1 is 1.21 bits per heavy atom. The van der Waals surface area contributed by atoms with Crippen molar-refractivity contribution in [2.24, 2.45) is 11.8 Å². The molecule has 2 saturated heterocycles. The molecular weight excluding hydrogens is 439 g/mol. The number of halogens is 1. The minimum atomic E-state index is -0.553. The highest BCUT2D eigenvalue weighted by Crippen LogP contribution is 2.31. The number of amides is 2. The number of fused-ring (bicyclic) bond motifs is 1. The number of carbonyl (C=O) groups excluding carboxylic acids is 2. The van der Waals surface area contributed by atoms with Gasteiger partial charge in [-0.15, -0.1) is 0 Å². The van der Waals surface area contributed by atoms with Crippen LogP contribution in [0.5, 0.6) is 0 Å². The maximum atomic E-state index is 15.5. The molecule has 3 heterocycles. The van der Waals surface area contributed by atoms with Crippen LogP contribution >= 0.6 is 0 Å². The van der Waals surface area contributed by atoms with Crippen LogP contribution < -0.4 is 10.2 Å². The van der Waals surface area contributed by atoms with E-state index in [1.807, 2.05) is 4.90 Å². The number of aromatic nitrogens is 2. The van der Waals surface area contributed by atoms with Gasteiger partial charge < -0.3 is 10.2 Å². The van der Waals surface area contributed by atoms with Crippen LogP contribution in [0.1, 0.15) is 62.9 Å². The Hall–Kier alpha value is -2.33. The topological polar surface area (TPSA) is 102 Å². The van der Waals surface area contributed by atoms with E-state index in [9.17, 15) is 14.8 Å². The van der Waals surface area contributed by atoms with Crippen molar-refractivity contribution in [3.05, 3.63) is 17.3 Å². The highest BCUT2D eigenvalue weighted by Gasteiger charge is 2.32. The maximum absolute atomic E-state index is 15.5. The van der Waals surface area contributed by atoms with Gasteiger partial charge in [0.2, 0.25) is 12.3 Å². The Kier molecular flexibility index (Phi) is 8.31. The standard InChI is InChI=1S/C24H37FN6O3/c1-17-27-21(13-26-24(33)19(14-31(34)16-32)12-18-6-2-3-7-18)22(25)23(28-17)30-11-10-29-9-5-4-8-20(29)15-30/h16,18-20,34H,2-15H2,1H3,(H,26,33)/t19-,20-/m1/s1. The van der Waals surface area contributed by atoms with E-state index in [-0.39, 0.29) is 24.7 Å². The zero-order valence-electron chi connectivity index (χ0n) is 20.1. The zero-order valence-corrected chi connectivity index (χ0v) is 20.1. The average molecular weight is 477 g/mol. The van der Waals surface area contributed by atoms with Crippen molar-refractivity contribution in [3.63, 3.8) is 0 Å². The fourth-order valence-corrected chi connectivity index (χ4v) is 5.77. The summed E-state index contributed by atoms with van der Waals surface area (Å²) in [6, 6.07) is 0.427. The highest BCUT2D eigenvalue weighted by atomic mass is 19.1. The molecule has 0 spiro atoms. The molecule has 1 saturated carbocycles. The Labute approximate surface area is 200 Å². The van der Waals surface area contributed by atoms with Gasteiger partial charge in [-0.1, -0.05) is 32.1 Å². The summed E-state index contributed by atoms with van der Waals surface area (Å²) in [5.74, 6) is -0.161. The van der Waals surface area contributed by atoms with Gasteiger partial charge in [0.15, 0.2) is 11.6 Å². The van der Waals surface area contributed by atoms with Crippen molar-refractivity contribution in [3.8, 4) is 0 Å². The Morgan fingerprint density at radius 2 is 1.97 bits per heavy atom. The number of hydroxylamine groups is 2. The fraction of sp³-hybridized carbons (Fsp3) is 0.750. The molecular formula is C24H37FN6O3. The molecule has 34 heavy (non-hydrogen) atoms. The Bertz CT molecular complexity index is 865. The van der Waals surface area contributed by atoms with Gasteiger partial charge in [-0.05, 0) is 38.6 Å².